The van der Waals surface area contributed by atoms with Crippen molar-refractivity contribution < 1.29 is 27.1 Å². The summed E-state index contributed by atoms with van der Waals surface area (Å²) in [6.07, 6.45) is 4.37. The summed E-state index contributed by atoms with van der Waals surface area (Å²) in [6, 6.07) is 10.8. The van der Waals surface area contributed by atoms with Crippen LogP contribution < -0.4 is 4.72 Å². The summed E-state index contributed by atoms with van der Waals surface area (Å²) < 4.78 is 57.7. The van der Waals surface area contributed by atoms with Crippen molar-refractivity contribution in [1.82, 2.24) is 14.3 Å². The molecule has 8 nitrogen and oxygen atoms in total. The molecule has 0 atom stereocenters. The van der Waals surface area contributed by atoms with Crippen LogP contribution in [0.4, 0.5) is 14.5 Å². The molecule has 0 spiro atoms. The Bertz CT molecular complexity index is 1630. The Balaban J connectivity index is 1.52. The molecular formula is C26H24F2N4O4S. The van der Waals surface area contributed by atoms with Crippen molar-refractivity contribution in [3.8, 4) is 11.1 Å². The number of carbonyl (C=O) groups excluding carboxylic acids is 1. The highest BCUT2D eigenvalue weighted by Crippen LogP contribution is 2.45. The van der Waals surface area contributed by atoms with E-state index in [1.807, 2.05) is 24.3 Å². The van der Waals surface area contributed by atoms with Gasteiger partial charge in [-0.3, -0.25) is 9.52 Å². The maximum Gasteiger partial charge on any atom is 0.301 e. The number of rotatable bonds is 8. The molecule has 0 amide bonds. The van der Waals surface area contributed by atoms with Crippen LogP contribution in [0.3, 0.4) is 0 Å². The fraction of sp³-hybridized carbons (Fsp3) is 0.231. The van der Waals surface area contributed by atoms with Crippen LogP contribution in [-0.4, -0.2) is 47.2 Å². The van der Waals surface area contributed by atoms with Gasteiger partial charge in [-0.1, -0.05) is 31.2 Å². The average Bonchev–Trinajstić information content (AvgIpc) is 3.50. The summed E-state index contributed by atoms with van der Waals surface area (Å²) in [6.45, 7) is 1.72. The SMILES string of the molecule is CCN(C)S(=O)(=O)Nc1ccc(F)c(C(=O)c2c[nH]c3ncc(-c4ccc(C5(O)CC5)cc4)cc23)c1F. The van der Waals surface area contributed by atoms with Crippen LogP contribution in [0, 0.1) is 11.6 Å². The van der Waals surface area contributed by atoms with E-state index in [1.165, 1.54) is 13.2 Å². The highest BCUT2D eigenvalue weighted by molar-refractivity contribution is 7.90. The quantitative estimate of drug-likeness (QED) is 0.296. The molecule has 0 saturated heterocycles. The number of hydrogen-bond acceptors (Lipinski definition) is 5. The molecule has 3 N–H and O–H groups in total. The first kappa shape index (κ1) is 25.0. The number of nitrogens with one attached hydrogen (secondary N) is 2. The summed E-state index contributed by atoms with van der Waals surface area (Å²) in [5.41, 5.74) is 0.429. The third-order valence-electron chi connectivity index (χ3n) is 6.67. The number of ketones is 1. The molecule has 11 heteroatoms. The zero-order valence-corrected chi connectivity index (χ0v) is 20.9. The van der Waals surface area contributed by atoms with Crippen molar-refractivity contribution in [2.24, 2.45) is 0 Å². The normalized spacial score (nSPS) is 14.8. The summed E-state index contributed by atoms with van der Waals surface area (Å²) in [5, 5.41) is 10.6. The van der Waals surface area contributed by atoms with E-state index >= 15 is 4.39 Å². The Morgan fingerprint density at radius 2 is 1.86 bits per heavy atom. The largest absolute Gasteiger partial charge is 0.385 e. The Kier molecular flexibility index (Phi) is 6.09. The molecule has 2 aromatic heterocycles. The standard InChI is InChI=1S/C26H24F2N4O4S/c1-3-32(2)37(35,36)31-21-9-8-20(27)22(23(21)28)24(33)19-14-30-25-18(19)12-16(13-29-25)15-4-6-17(7-5-15)26(34)10-11-26/h4-9,12-14,31,34H,3,10-11H2,1-2H3,(H,29,30). The lowest BCUT2D eigenvalue weighted by molar-refractivity contribution is 0.103. The molecule has 0 radical (unpaired) electrons. The van der Waals surface area contributed by atoms with Gasteiger partial charge in [0.05, 0.1) is 16.9 Å². The number of aromatic amines is 1. The minimum atomic E-state index is -4.10. The number of aliphatic hydroxyl groups is 1. The van der Waals surface area contributed by atoms with Crippen molar-refractivity contribution >= 4 is 32.7 Å². The molecule has 5 rings (SSSR count). The predicted octanol–water partition coefficient (Wildman–Crippen LogP) is 4.33. The van der Waals surface area contributed by atoms with Crippen molar-refractivity contribution in [3.63, 3.8) is 0 Å². The van der Waals surface area contributed by atoms with Crippen LogP contribution in [0.5, 0.6) is 0 Å². The first-order chi connectivity index (χ1) is 17.5. The Morgan fingerprint density at radius 1 is 1.16 bits per heavy atom. The predicted molar refractivity (Wildman–Crippen MR) is 135 cm³/mol. The van der Waals surface area contributed by atoms with E-state index in [1.54, 1.807) is 19.2 Å². The van der Waals surface area contributed by atoms with Gasteiger partial charge in [0.15, 0.2) is 5.82 Å². The molecule has 1 aliphatic carbocycles. The number of benzene rings is 2. The van der Waals surface area contributed by atoms with Gasteiger partial charge >= 0.3 is 10.2 Å². The highest BCUT2D eigenvalue weighted by atomic mass is 32.2. The molecule has 1 aliphatic rings. The highest BCUT2D eigenvalue weighted by Gasteiger charge is 2.41. The van der Waals surface area contributed by atoms with Gasteiger partial charge in [0, 0.05) is 42.5 Å². The number of hydrogen-bond donors (Lipinski definition) is 3. The fourth-order valence-corrected chi connectivity index (χ4v) is 5.02. The van der Waals surface area contributed by atoms with Gasteiger partial charge in [0.25, 0.3) is 0 Å². The van der Waals surface area contributed by atoms with Crippen LogP contribution >= 0.6 is 0 Å². The zero-order valence-electron chi connectivity index (χ0n) is 20.0. The molecule has 2 aromatic carbocycles. The van der Waals surface area contributed by atoms with E-state index < -0.39 is 44.5 Å². The molecule has 2 heterocycles. The van der Waals surface area contributed by atoms with E-state index in [4.69, 9.17) is 0 Å². The Labute approximate surface area is 212 Å². The Hall–Kier alpha value is -3.67. The minimum absolute atomic E-state index is 0.0169. The maximum atomic E-state index is 15.3. The molecule has 1 fully saturated rings. The van der Waals surface area contributed by atoms with Crippen LogP contribution in [0.1, 0.15) is 41.3 Å². The second-order valence-corrected chi connectivity index (χ2v) is 10.8. The monoisotopic (exact) mass is 526 g/mol. The van der Waals surface area contributed by atoms with Crippen molar-refractivity contribution in [3.05, 3.63) is 83.2 Å². The fourth-order valence-electron chi connectivity index (χ4n) is 4.09. The van der Waals surface area contributed by atoms with Gasteiger partial charge in [-0.25, -0.2) is 13.8 Å². The van der Waals surface area contributed by atoms with Gasteiger partial charge in [-0.15, -0.1) is 0 Å². The molecule has 1 saturated carbocycles. The number of H-pyrrole nitrogens is 1. The molecule has 37 heavy (non-hydrogen) atoms. The first-order valence-electron chi connectivity index (χ1n) is 11.6. The lowest BCUT2D eigenvalue weighted by Gasteiger charge is -2.17. The van der Waals surface area contributed by atoms with E-state index in [2.05, 4.69) is 14.7 Å². The number of fused-ring (bicyclic) bond motifs is 1. The van der Waals surface area contributed by atoms with E-state index in [-0.39, 0.29) is 12.1 Å². The van der Waals surface area contributed by atoms with Gasteiger partial charge < -0.3 is 10.1 Å². The van der Waals surface area contributed by atoms with Crippen LogP contribution in [0.25, 0.3) is 22.2 Å². The van der Waals surface area contributed by atoms with Gasteiger partial charge in [0.1, 0.15) is 11.5 Å². The second-order valence-electron chi connectivity index (χ2n) is 9.07. The summed E-state index contributed by atoms with van der Waals surface area (Å²) >= 11 is 0. The Morgan fingerprint density at radius 3 is 2.51 bits per heavy atom. The van der Waals surface area contributed by atoms with E-state index in [0.29, 0.717) is 16.6 Å². The molecular weight excluding hydrogens is 502 g/mol. The van der Waals surface area contributed by atoms with Gasteiger partial charge in [-0.2, -0.15) is 12.7 Å². The number of nitrogens with zero attached hydrogens (tertiary/aromatic N) is 2. The van der Waals surface area contributed by atoms with Gasteiger partial charge in [-0.05, 0) is 42.2 Å². The molecule has 192 valence electrons. The third kappa shape index (κ3) is 4.50. The zero-order chi connectivity index (χ0) is 26.5. The minimum Gasteiger partial charge on any atom is -0.385 e. The smallest absolute Gasteiger partial charge is 0.301 e. The number of anilines is 1. The van der Waals surface area contributed by atoms with Gasteiger partial charge in [0.2, 0.25) is 5.78 Å². The lowest BCUT2D eigenvalue weighted by Crippen LogP contribution is -2.32. The summed E-state index contributed by atoms with van der Waals surface area (Å²) in [4.78, 5) is 20.5. The molecule has 0 aliphatic heterocycles. The summed E-state index contributed by atoms with van der Waals surface area (Å²) in [7, 11) is -2.80. The summed E-state index contributed by atoms with van der Waals surface area (Å²) in [5.74, 6) is -3.40. The topological polar surface area (TPSA) is 115 Å². The number of aromatic nitrogens is 2. The average molecular weight is 527 g/mol. The molecule has 0 unspecified atom stereocenters. The first-order valence-corrected chi connectivity index (χ1v) is 13.1. The van der Waals surface area contributed by atoms with Crippen LogP contribution in [0.2, 0.25) is 0 Å². The van der Waals surface area contributed by atoms with Crippen LogP contribution in [-0.2, 0) is 15.8 Å². The second kappa shape index (κ2) is 9.02. The maximum absolute atomic E-state index is 15.3. The third-order valence-corrected chi connectivity index (χ3v) is 8.22. The number of carbonyl (C=O) groups is 1. The van der Waals surface area contributed by atoms with E-state index in [9.17, 15) is 22.7 Å². The number of pyridine rings is 1. The number of halogens is 2. The van der Waals surface area contributed by atoms with E-state index in [0.717, 1.165) is 40.4 Å². The van der Waals surface area contributed by atoms with Crippen LogP contribution in [0.15, 0.2) is 54.9 Å². The lowest BCUT2D eigenvalue weighted by atomic mass is 9.98. The molecule has 4 aromatic rings. The van der Waals surface area contributed by atoms with Crippen molar-refractivity contribution in [1.29, 1.82) is 0 Å². The van der Waals surface area contributed by atoms with Crippen molar-refractivity contribution in [2.45, 2.75) is 25.4 Å². The molecule has 0 bridgehead atoms. The van der Waals surface area contributed by atoms with Crippen molar-refractivity contribution in [2.75, 3.05) is 18.3 Å².